The Morgan fingerprint density at radius 2 is 1.86 bits per heavy atom. The molecule has 0 saturated heterocycles. The maximum absolute atomic E-state index is 11.7. The van der Waals surface area contributed by atoms with E-state index in [1.165, 1.54) is 0 Å². The van der Waals surface area contributed by atoms with E-state index in [-0.39, 0.29) is 12.5 Å². The molecular weight excluding hydrogens is 300 g/mol. The summed E-state index contributed by atoms with van der Waals surface area (Å²) in [6.45, 7) is 3.75. The van der Waals surface area contributed by atoms with Crippen LogP contribution in [-0.2, 0) is 11.3 Å². The molecule has 0 saturated carbocycles. The maximum Gasteiger partial charge on any atom is 0.243 e. The molecule has 0 fully saturated rings. The summed E-state index contributed by atoms with van der Waals surface area (Å²) < 4.78 is 0. The summed E-state index contributed by atoms with van der Waals surface area (Å²) >= 11 is 5.90. The lowest BCUT2D eigenvalue weighted by atomic mass is 10.2. The molecule has 1 rings (SSSR count). The first-order valence-electron chi connectivity index (χ1n) is 7.38. The lowest BCUT2D eigenvalue weighted by Crippen LogP contribution is -2.39. The second kappa shape index (κ2) is 9.30. The van der Waals surface area contributed by atoms with E-state index in [1.54, 1.807) is 19.0 Å². The van der Waals surface area contributed by atoms with Crippen molar-refractivity contribution in [2.24, 2.45) is 4.99 Å². The Kier molecular flexibility index (Phi) is 7.74. The van der Waals surface area contributed by atoms with Crippen molar-refractivity contribution in [3.63, 3.8) is 0 Å². The van der Waals surface area contributed by atoms with Crippen LogP contribution in [0.15, 0.2) is 29.3 Å². The standard InChI is InChI=1S/C16H25ClN4O/c1-5-10-18-16(19-11-15(22)20(2)3)21(4)12-13-6-8-14(17)9-7-13/h6-9H,5,10-12H2,1-4H3,(H,18,19). The zero-order chi connectivity index (χ0) is 16.5. The van der Waals surface area contributed by atoms with Gasteiger partial charge in [0.05, 0.1) is 0 Å². The molecule has 0 aliphatic rings. The van der Waals surface area contributed by atoms with Gasteiger partial charge in [-0.15, -0.1) is 0 Å². The highest BCUT2D eigenvalue weighted by Crippen LogP contribution is 2.11. The van der Waals surface area contributed by atoms with Crippen molar-refractivity contribution in [1.82, 2.24) is 15.1 Å². The molecule has 1 amide bonds. The summed E-state index contributed by atoms with van der Waals surface area (Å²) in [6.07, 6.45) is 0.995. The molecule has 22 heavy (non-hydrogen) atoms. The second-order valence-electron chi connectivity index (χ2n) is 5.34. The number of likely N-dealkylation sites (N-methyl/N-ethyl adjacent to an activating group) is 1. The molecule has 0 heterocycles. The van der Waals surface area contributed by atoms with Gasteiger partial charge in [0.1, 0.15) is 6.54 Å². The maximum atomic E-state index is 11.7. The van der Waals surface area contributed by atoms with Gasteiger partial charge in [-0.3, -0.25) is 4.79 Å². The van der Waals surface area contributed by atoms with Crippen LogP contribution in [0.5, 0.6) is 0 Å². The predicted molar refractivity (Wildman–Crippen MR) is 92.2 cm³/mol. The summed E-state index contributed by atoms with van der Waals surface area (Å²) in [5, 5.41) is 4.00. The zero-order valence-electron chi connectivity index (χ0n) is 13.8. The minimum atomic E-state index is -0.0179. The fourth-order valence-corrected chi connectivity index (χ4v) is 1.90. The lowest BCUT2D eigenvalue weighted by molar-refractivity contribution is -0.127. The summed E-state index contributed by atoms with van der Waals surface area (Å²) in [6, 6.07) is 7.72. The van der Waals surface area contributed by atoms with E-state index in [0.717, 1.165) is 29.5 Å². The van der Waals surface area contributed by atoms with Crippen LogP contribution in [-0.4, -0.2) is 55.9 Å². The highest BCUT2D eigenvalue weighted by atomic mass is 35.5. The average molecular weight is 325 g/mol. The van der Waals surface area contributed by atoms with Gasteiger partial charge >= 0.3 is 0 Å². The molecule has 0 aromatic heterocycles. The van der Waals surface area contributed by atoms with Gasteiger partial charge in [0.2, 0.25) is 5.91 Å². The number of nitrogens with one attached hydrogen (secondary N) is 1. The molecule has 1 N–H and O–H groups in total. The van der Waals surface area contributed by atoms with Crippen molar-refractivity contribution in [3.05, 3.63) is 34.9 Å². The number of carbonyl (C=O) groups excluding carboxylic acids is 1. The van der Waals surface area contributed by atoms with Crippen LogP contribution < -0.4 is 5.32 Å². The number of halogens is 1. The quantitative estimate of drug-likeness (QED) is 0.645. The third-order valence-corrected chi connectivity index (χ3v) is 3.34. The number of hydrogen-bond acceptors (Lipinski definition) is 2. The van der Waals surface area contributed by atoms with Gasteiger partial charge in [0, 0.05) is 39.3 Å². The summed E-state index contributed by atoms with van der Waals surface area (Å²) in [7, 11) is 5.42. The number of aliphatic imine (C=N–C) groups is 1. The van der Waals surface area contributed by atoms with Crippen LogP contribution in [0.25, 0.3) is 0 Å². The molecule has 0 spiro atoms. The Balaban J connectivity index is 2.74. The Labute approximate surface area is 138 Å². The SMILES string of the molecule is CCCNC(=NCC(=O)N(C)C)N(C)Cc1ccc(Cl)cc1. The fraction of sp³-hybridized carbons (Fsp3) is 0.500. The van der Waals surface area contributed by atoms with Crippen LogP contribution in [0.4, 0.5) is 0 Å². The van der Waals surface area contributed by atoms with Gasteiger partial charge in [-0.1, -0.05) is 30.7 Å². The largest absolute Gasteiger partial charge is 0.356 e. The van der Waals surface area contributed by atoms with Crippen molar-refractivity contribution in [2.75, 3.05) is 34.2 Å². The number of hydrogen-bond donors (Lipinski definition) is 1. The minimum absolute atomic E-state index is 0.0179. The third-order valence-electron chi connectivity index (χ3n) is 3.09. The summed E-state index contributed by atoms with van der Waals surface area (Å²) in [5.74, 6) is 0.711. The van der Waals surface area contributed by atoms with Crippen molar-refractivity contribution >= 4 is 23.5 Å². The molecule has 0 atom stereocenters. The van der Waals surface area contributed by atoms with Crippen LogP contribution in [0, 0.1) is 0 Å². The molecule has 122 valence electrons. The van der Waals surface area contributed by atoms with Gasteiger partial charge in [-0.2, -0.15) is 0 Å². The van der Waals surface area contributed by atoms with Gasteiger partial charge in [0.15, 0.2) is 5.96 Å². The highest BCUT2D eigenvalue weighted by molar-refractivity contribution is 6.30. The smallest absolute Gasteiger partial charge is 0.243 e. The first kappa shape index (κ1) is 18.3. The molecule has 1 aromatic rings. The summed E-state index contributed by atoms with van der Waals surface area (Å²) in [4.78, 5) is 19.7. The van der Waals surface area contributed by atoms with Gasteiger partial charge in [-0.05, 0) is 24.1 Å². The molecule has 1 aromatic carbocycles. The van der Waals surface area contributed by atoms with Gasteiger partial charge < -0.3 is 15.1 Å². The van der Waals surface area contributed by atoms with E-state index < -0.39 is 0 Å². The van der Waals surface area contributed by atoms with E-state index >= 15 is 0 Å². The normalized spacial score (nSPS) is 11.2. The van der Waals surface area contributed by atoms with Crippen LogP contribution in [0.1, 0.15) is 18.9 Å². The van der Waals surface area contributed by atoms with E-state index in [9.17, 15) is 4.79 Å². The van der Waals surface area contributed by atoms with E-state index in [0.29, 0.717) is 6.54 Å². The van der Waals surface area contributed by atoms with E-state index in [1.807, 2.05) is 36.2 Å². The lowest BCUT2D eigenvalue weighted by Gasteiger charge is -2.22. The summed E-state index contributed by atoms with van der Waals surface area (Å²) in [5.41, 5.74) is 1.14. The molecule has 0 radical (unpaired) electrons. The Hall–Kier alpha value is -1.75. The van der Waals surface area contributed by atoms with Crippen molar-refractivity contribution < 1.29 is 4.79 Å². The average Bonchev–Trinajstić information content (AvgIpc) is 2.49. The van der Waals surface area contributed by atoms with Gasteiger partial charge in [-0.25, -0.2) is 4.99 Å². The third kappa shape index (κ3) is 6.35. The van der Waals surface area contributed by atoms with Crippen molar-refractivity contribution in [2.45, 2.75) is 19.9 Å². The fourth-order valence-electron chi connectivity index (χ4n) is 1.77. The topological polar surface area (TPSA) is 47.9 Å². The Bertz CT molecular complexity index is 499. The molecule has 0 aliphatic carbocycles. The second-order valence-corrected chi connectivity index (χ2v) is 5.77. The van der Waals surface area contributed by atoms with Crippen LogP contribution >= 0.6 is 11.6 Å². The monoisotopic (exact) mass is 324 g/mol. The number of rotatable bonds is 6. The molecular formula is C16H25ClN4O. The Morgan fingerprint density at radius 3 is 2.41 bits per heavy atom. The first-order chi connectivity index (χ1) is 10.4. The van der Waals surface area contributed by atoms with E-state index in [4.69, 9.17) is 11.6 Å². The number of benzene rings is 1. The predicted octanol–water partition coefficient (Wildman–Crippen LogP) is 2.22. The van der Waals surface area contributed by atoms with E-state index in [2.05, 4.69) is 17.2 Å². The minimum Gasteiger partial charge on any atom is -0.356 e. The van der Waals surface area contributed by atoms with Gasteiger partial charge in [0.25, 0.3) is 0 Å². The highest BCUT2D eigenvalue weighted by Gasteiger charge is 2.09. The molecule has 0 bridgehead atoms. The number of carbonyl (C=O) groups is 1. The number of amides is 1. The zero-order valence-corrected chi connectivity index (χ0v) is 14.5. The van der Waals surface area contributed by atoms with Crippen LogP contribution in [0.3, 0.4) is 0 Å². The molecule has 5 nitrogen and oxygen atoms in total. The first-order valence-corrected chi connectivity index (χ1v) is 7.76. The molecule has 0 unspecified atom stereocenters. The molecule has 6 heteroatoms. The van der Waals surface area contributed by atoms with Crippen LogP contribution in [0.2, 0.25) is 5.02 Å². The van der Waals surface area contributed by atoms with Crippen molar-refractivity contribution in [3.8, 4) is 0 Å². The number of nitrogens with zero attached hydrogens (tertiary/aromatic N) is 3. The number of guanidine groups is 1. The molecule has 0 aliphatic heterocycles. The van der Waals surface area contributed by atoms with Crippen molar-refractivity contribution in [1.29, 1.82) is 0 Å². The Morgan fingerprint density at radius 1 is 1.23 bits per heavy atom.